The van der Waals surface area contributed by atoms with E-state index in [2.05, 4.69) is 5.73 Å². The Hall–Kier alpha value is -1.55. The highest BCUT2D eigenvalue weighted by Gasteiger charge is 1.98. The summed E-state index contributed by atoms with van der Waals surface area (Å²) in [4.78, 5) is 9.67. The Balaban J connectivity index is 0.000000226. The number of primary amides is 1. The van der Waals surface area contributed by atoms with E-state index in [4.69, 9.17) is 10.2 Å². The van der Waals surface area contributed by atoms with Crippen molar-refractivity contribution in [3.05, 3.63) is 30.3 Å². The molecule has 0 bridgehead atoms. The van der Waals surface area contributed by atoms with Crippen LogP contribution in [0.5, 0.6) is 5.75 Å². The molecule has 1 aromatic rings. The van der Waals surface area contributed by atoms with Gasteiger partial charge in [-0.3, -0.25) is 4.79 Å². The summed E-state index contributed by atoms with van der Waals surface area (Å²) in [6, 6.07) is 8.71. The van der Waals surface area contributed by atoms with Crippen LogP contribution in [-0.4, -0.2) is 22.2 Å². The number of aliphatic hydroxyl groups is 1. The van der Waals surface area contributed by atoms with Gasteiger partial charge < -0.3 is 15.9 Å². The molecule has 0 aliphatic rings. The van der Waals surface area contributed by atoms with Crippen molar-refractivity contribution in [3.63, 3.8) is 0 Å². The lowest BCUT2D eigenvalue weighted by Gasteiger charge is -1.90. The van der Waals surface area contributed by atoms with E-state index in [-0.39, 0.29) is 0 Å². The summed E-state index contributed by atoms with van der Waals surface area (Å²) < 4.78 is 0. The number of rotatable bonds is 1. The number of hydrogen-bond donors (Lipinski definition) is 3. The van der Waals surface area contributed by atoms with Crippen molar-refractivity contribution in [2.45, 2.75) is 13.0 Å². The standard InChI is InChI=1S/C6H6O.C3H7NO2/c7-6-4-2-1-3-5-6;1-2(5)3(4)6/h1-5,7H;2,5H,1H3,(H2,4,6). The summed E-state index contributed by atoms with van der Waals surface area (Å²) >= 11 is 0. The van der Waals surface area contributed by atoms with Gasteiger partial charge in [-0.05, 0) is 19.1 Å². The number of aromatic hydroxyl groups is 1. The Morgan fingerprint density at radius 2 is 1.77 bits per heavy atom. The fourth-order valence-electron chi connectivity index (χ4n) is 0.428. The first kappa shape index (κ1) is 11.4. The van der Waals surface area contributed by atoms with Crippen LogP contribution in [0.15, 0.2) is 30.3 Å². The molecule has 0 radical (unpaired) electrons. The molecule has 0 fully saturated rings. The average Bonchev–Trinajstić information content (AvgIpc) is 2.06. The maximum absolute atomic E-state index is 9.67. The van der Waals surface area contributed by atoms with Gasteiger partial charge >= 0.3 is 0 Å². The van der Waals surface area contributed by atoms with Crippen LogP contribution in [0.2, 0.25) is 0 Å². The first-order valence-corrected chi connectivity index (χ1v) is 3.75. The summed E-state index contributed by atoms with van der Waals surface area (Å²) in [6.45, 7) is 1.32. The Bertz CT molecular complexity index is 246. The predicted molar refractivity (Wildman–Crippen MR) is 49.0 cm³/mol. The molecule has 1 amide bonds. The van der Waals surface area contributed by atoms with Crippen LogP contribution >= 0.6 is 0 Å². The molecule has 0 spiro atoms. The number of aliphatic hydroxyl groups excluding tert-OH is 1. The quantitative estimate of drug-likeness (QED) is 0.583. The molecule has 1 atom stereocenters. The van der Waals surface area contributed by atoms with E-state index in [1.807, 2.05) is 6.07 Å². The Morgan fingerprint density at radius 1 is 1.38 bits per heavy atom. The SMILES string of the molecule is CC(O)C(N)=O.Oc1ccccc1. The third-order valence-corrected chi connectivity index (χ3v) is 1.17. The van der Waals surface area contributed by atoms with Crippen LogP contribution in [0.4, 0.5) is 0 Å². The molecule has 1 unspecified atom stereocenters. The molecular weight excluding hydrogens is 170 g/mol. The number of benzene rings is 1. The van der Waals surface area contributed by atoms with E-state index in [9.17, 15) is 4.79 Å². The van der Waals surface area contributed by atoms with Crippen molar-refractivity contribution in [1.29, 1.82) is 0 Å². The lowest BCUT2D eigenvalue weighted by Crippen LogP contribution is -2.24. The second-order valence-electron chi connectivity index (χ2n) is 2.41. The van der Waals surface area contributed by atoms with Crippen LogP contribution in [0.3, 0.4) is 0 Å². The first-order chi connectivity index (χ1) is 6.04. The van der Waals surface area contributed by atoms with Gasteiger partial charge in [0.25, 0.3) is 0 Å². The molecular formula is C9H13NO3. The van der Waals surface area contributed by atoms with E-state index in [1.54, 1.807) is 24.3 Å². The number of phenols is 1. The number of nitrogens with two attached hydrogens (primary N) is 1. The van der Waals surface area contributed by atoms with Crippen LogP contribution in [0, 0.1) is 0 Å². The fourth-order valence-corrected chi connectivity index (χ4v) is 0.428. The molecule has 0 aromatic heterocycles. The van der Waals surface area contributed by atoms with Crippen molar-refractivity contribution in [3.8, 4) is 5.75 Å². The topological polar surface area (TPSA) is 83.5 Å². The van der Waals surface area contributed by atoms with Crippen molar-refractivity contribution in [2.24, 2.45) is 5.73 Å². The molecule has 0 heterocycles. The minimum atomic E-state index is -1.01. The number of hydrogen-bond acceptors (Lipinski definition) is 3. The van der Waals surface area contributed by atoms with Crippen LogP contribution in [0.25, 0.3) is 0 Å². The second kappa shape index (κ2) is 6.02. The van der Waals surface area contributed by atoms with Crippen LogP contribution in [0.1, 0.15) is 6.92 Å². The molecule has 1 rings (SSSR count). The molecule has 0 aliphatic carbocycles. The van der Waals surface area contributed by atoms with E-state index in [1.165, 1.54) is 6.92 Å². The van der Waals surface area contributed by atoms with Gasteiger partial charge in [0.2, 0.25) is 5.91 Å². The van der Waals surface area contributed by atoms with E-state index in [0.717, 1.165) is 0 Å². The van der Waals surface area contributed by atoms with Crippen molar-refractivity contribution in [1.82, 2.24) is 0 Å². The smallest absolute Gasteiger partial charge is 0.245 e. The normalized spacial score (nSPS) is 10.9. The lowest BCUT2D eigenvalue weighted by molar-refractivity contribution is -0.125. The second-order valence-corrected chi connectivity index (χ2v) is 2.41. The third-order valence-electron chi connectivity index (χ3n) is 1.17. The molecule has 4 nitrogen and oxygen atoms in total. The number of amides is 1. The minimum Gasteiger partial charge on any atom is -0.508 e. The first-order valence-electron chi connectivity index (χ1n) is 3.75. The van der Waals surface area contributed by atoms with Crippen molar-refractivity contribution in [2.75, 3.05) is 0 Å². The van der Waals surface area contributed by atoms with Gasteiger partial charge in [0.15, 0.2) is 0 Å². The molecule has 4 N–H and O–H groups in total. The van der Waals surface area contributed by atoms with E-state index in [0.29, 0.717) is 5.75 Å². The molecule has 13 heavy (non-hydrogen) atoms. The van der Waals surface area contributed by atoms with Gasteiger partial charge in [-0.1, -0.05) is 18.2 Å². The molecule has 0 saturated carbocycles. The molecule has 0 saturated heterocycles. The highest BCUT2D eigenvalue weighted by atomic mass is 16.3. The highest BCUT2D eigenvalue weighted by molar-refractivity contribution is 5.77. The summed E-state index contributed by atoms with van der Waals surface area (Å²) in [7, 11) is 0. The van der Waals surface area contributed by atoms with Gasteiger partial charge in [0.1, 0.15) is 11.9 Å². The van der Waals surface area contributed by atoms with Gasteiger partial charge in [-0.2, -0.15) is 0 Å². The fraction of sp³-hybridized carbons (Fsp3) is 0.222. The summed E-state index contributed by atoms with van der Waals surface area (Å²) in [5.41, 5.74) is 4.55. The predicted octanol–water partition coefficient (Wildman–Crippen LogP) is 0.245. The summed E-state index contributed by atoms with van der Waals surface area (Å²) in [6.07, 6.45) is -1.01. The minimum absolute atomic E-state index is 0.322. The lowest BCUT2D eigenvalue weighted by atomic mass is 10.3. The number of carbonyl (C=O) groups is 1. The van der Waals surface area contributed by atoms with Gasteiger partial charge in [0.05, 0.1) is 0 Å². The van der Waals surface area contributed by atoms with E-state index < -0.39 is 12.0 Å². The Morgan fingerprint density at radius 3 is 1.92 bits per heavy atom. The summed E-state index contributed by atoms with van der Waals surface area (Å²) in [5.74, 6) is -0.363. The monoisotopic (exact) mass is 183 g/mol. The average molecular weight is 183 g/mol. The molecule has 0 aliphatic heterocycles. The van der Waals surface area contributed by atoms with Crippen LogP contribution in [-0.2, 0) is 4.79 Å². The Labute approximate surface area is 76.6 Å². The van der Waals surface area contributed by atoms with Crippen molar-refractivity contribution < 1.29 is 15.0 Å². The third kappa shape index (κ3) is 6.83. The van der Waals surface area contributed by atoms with Gasteiger partial charge in [0, 0.05) is 0 Å². The summed E-state index contributed by atoms with van der Waals surface area (Å²) in [5, 5.41) is 16.8. The zero-order valence-corrected chi connectivity index (χ0v) is 7.34. The zero-order valence-electron chi connectivity index (χ0n) is 7.34. The number of carbonyl (C=O) groups excluding carboxylic acids is 1. The molecule has 4 heteroatoms. The number of phenolic OH excluding ortho intramolecular Hbond substituents is 1. The maximum Gasteiger partial charge on any atom is 0.245 e. The highest BCUT2D eigenvalue weighted by Crippen LogP contribution is 2.02. The van der Waals surface area contributed by atoms with Crippen molar-refractivity contribution >= 4 is 5.91 Å². The van der Waals surface area contributed by atoms with Gasteiger partial charge in [-0.25, -0.2) is 0 Å². The van der Waals surface area contributed by atoms with E-state index >= 15 is 0 Å². The number of para-hydroxylation sites is 1. The van der Waals surface area contributed by atoms with Gasteiger partial charge in [-0.15, -0.1) is 0 Å². The maximum atomic E-state index is 9.67. The molecule has 72 valence electrons. The largest absolute Gasteiger partial charge is 0.508 e. The van der Waals surface area contributed by atoms with Crippen LogP contribution < -0.4 is 5.73 Å². The Kier molecular flexibility index (Phi) is 5.30. The molecule has 1 aromatic carbocycles. The zero-order chi connectivity index (χ0) is 10.3.